The van der Waals surface area contributed by atoms with E-state index in [1.807, 2.05) is 48.5 Å². The van der Waals surface area contributed by atoms with Crippen LogP contribution in [0.15, 0.2) is 72.8 Å². The summed E-state index contributed by atoms with van der Waals surface area (Å²) in [7, 11) is 0. The van der Waals surface area contributed by atoms with Crippen LogP contribution in [0.4, 0.5) is 9.18 Å². The van der Waals surface area contributed by atoms with Gasteiger partial charge in [0.2, 0.25) is 0 Å². The predicted molar refractivity (Wildman–Crippen MR) is 114 cm³/mol. The third-order valence-corrected chi connectivity index (χ3v) is 5.20. The number of imidazole rings is 1. The third-order valence-electron chi connectivity index (χ3n) is 5.20. The van der Waals surface area contributed by atoms with E-state index in [9.17, 15) is 9.18 Å². The number of fused-ring (bicyclic) bond motifs is 1. The van der Waals surface area contributed by atoms with E-state index in [1.165, 1.54) is 12.1 Å². The molecule has 1 aromatic heterocycles. The molecule has 1 amide bonds. The number of likely N-dealkylation sites (tertiary alicyclic amines) is 1. The molecule has 0 spiro atoms. The number of carbonyl (C=O) groups is 1. The van der Waals surface area contributed by atoms with Crippen molar-refractivity contribution in [3.8, 4) is 23.2 Å². The molecule has 0 atom stereocenters. The number of benzene rings is 3. The summed E-state index contributed by atoms with van der Waals surface area (Å²) < 4.78 is 26.5. The zero-order chi connectivity index (χ0) is 21.2. The summed E-state index contributed by atoms with van der Waals surface area (Å²) in [6, 6.07) is 21.0. The minimum Gasteiger partial charge on any atom is -0.457 e. The molecular weight excluding hydrogens is 397 g/mol. The van der Waals surface area contributed by atoms with Crippen molar-refractivity contribution in [1.82, 2.24) is 14.5 Å². The van der Waals surface area contributed by atoms with Gasteiger partial charge in [0, 0.05) is 19.2 Å². The molecule has 3 aromatic carbocycles. The molecular formula is C24H20FN3O3. The number of ether oxygens (including phenoxy) is 2. The highest BCUT2D eigenvalue weighted by Gasteiger charge is 2.23. The maximum Gasteiger partial charge on any atom is 0.417 e. The molecule has 0 saturated carbocycles. The van der Waals surface area contributed by atoms with Crippen molar-refractivity contribution in [2.75, 3.05) is 13.1 Å². The quantitative estimate of drug-likeness (QED) is 0.437. The Bertz CT molecular complexity index is 1230. The zero-order valence-corrected chi connectivity index (χ0v) is 16.7. The van der Waals surface area contributed by atoms with E-state index in [2.05, 4.69) is 4.98 Å². The first-order chi connectivity index (χ1) is 15.2. The van der Waals surface area contributed by atoms with E-state index in [1.54, 1.807) is 21.6 Å². The fourth-order valence-corrected chi connectivity index (χ4v) is 3.69. The van der Waals surface area contributed by atoms with E-state index in [0.29, 0.717) is 24.6 Å². The number of halogens is 1. The molecule has 2 heterocycles. The number of hydrogen-bond donors (Lipinski definition) is 0. The van der Waals surface area contributed by atoms with Crippen LogP contribution < -0.4 is 9.47 Å². The van der Waals surface area contributed by atoms with Crippen molar-refractivity contribution in [2.24, 2.45) is 0 Å². The van der Waals surface area contributed by atoms with Gasteiger partial charge in [-0.2, -0.15) is 4.98 Å². The molecule has 6 nitrogen and oxygen atoms in total. The van der Waals surface area contributed by atoms with E-state index < -0.39 is 6.09 Å². The molecule has 0 aliphatic carbocycles. The Morgan fingerprint density at radius 2 is 1.68 bits per heavy atom. The Morgan fingerprint density at radius 3 is 2.48 bits per heavy atom. The van der Waals surface area contributed by atoms with Crippen LogP contribution in [0.1, 0.15) is 12.8 Å². The van der Waals surface area contributed by atoms with Gasteiger partial charge in [-0.3, -0.25) is 4.57 Å². The van der Waals surface area contributed by atoms with Crippen LogP contribution in [0.25, 0.3) is 16.7 Å². The fraction of sp³-hybridized carbons (Fsp3) is 0.167. The van der Waals surface area contributed by atoms with Crippen LogP contribution in [-0.4, -0.2) is 33.6 Å². The van der Waals surface area contributed by atoms with Crippen LogP contribution in [0, 0.1) is 5.82 Å². The largest absolute Gasteiger partial charge is 0.457 e. The first-order valence-electron chi connectivity index (χ1n) is 10.2. The van der Waals surface area contributed by atoms with Gasteiger partial charge in [0.1, 0.15) is 17.3 Å². The average Bonchev–Trinajstić information content (AvgIpc) is 3.43. The standard InChI is InChI=1S/C24H20FN3O3/c25-17-10-12-19(13-11-17)30-20-7-5-6-18(16-20)28-22-9-2-1-8-21(22)26-23(28)31-24(29)27-14-3-4-15-27/h1-2,5-13,16H,3-4,14-15H2. The maximum atomic E-state index is 13.2. The van der Waals surface area contributed by atoms with Crippen molar-refractivity contribution >= 4 is 17.1 Å². The number of hydrogen-bond acceptors (Lipinski definition) is 4. The molecule has 156 valence electrons. The molecule has 7 heteroatoms. The number of amides is 1. The fourth-order valence-electron chi connectivity index (χ4n) is 3.69. The summed E-state index contributed by atoms with van der Waals surface area (Å²) in [6.07, 6.45) is 1.57. The maximum absolute atomic E-state index is 13.2. The smallest absolute Gasteiger partial charge is 0.417 e. The van der Waals surface area contributed by atoms with E-state index >= 15 is 0 Å². The highest BCUT2D eigenvalue weighted by molar-refractivity contribution is 5.80. The minimum absolute atomic E-state index is 0.206. The summed E-state index contributed by atoms with van der Waals surface area (Å²) in [6.45, 7) is 1.39. The number of rotatable bonds is 4. The molecule has 4 aromatic rings. The number of para-hydroxylation sites is 2. The van der Waals surface area contributed by atoms with Crippen molar-refractivity contribution < 1.29 is 18.7 Å². The van der Waals surface area contributed by atoms with Gasteiger partial charge >= 0.3 is 12.1 Å². The molecule has 0 unspecified atom stereocenters. The van der Waals surface area contributed by atoms with Gasteiger partial charge in [-0.1, -0.05) is 18.2 Å². The van der Waals surface area contributed by atoms with Crippen LogP contribution in [0.2, 0.25) is 0 Å². The average molecular weight is 417 g/mol. The Morgan fingerprint density at radius 1 is 0.903 bits per heavy atom. The van der Waals surface area contributed by atoms with Gasteiger partial charge in [0.05, 0.1) is 16.7 Å². The highest BCUT2D eigenvalue weighted by Crippen LogP contribution is 2.30. The van der Waals surface area contributed by atoms with Crippen LogP contribution >= 0.6 is 0 Å². The van der Waals surface area contributed by atoms with E-state index in [4.69, 9.17) is 9.47 Å². The second-order valence-electron chi connectivity index (χ2n) is 7.33. The van der Waals surface area contributed by atoms with Crippen molar-refractivity contribution in [2.45, 2.75) is 12.8 Å². The molecule has 1 aliphatic rings. The minimum atomic E-state index is -0.396. The lowest BCUT2D eigenvalue weighted by molar-refractivity contribution is 0.158. The summed E-state index contributed by atoms with van der Waals surface area (Å²) >= 11 is 0. The summed E-state index contributed by atoms with van der Waals surface area (Å²) in [5.41, 5.74) is 2.26. The summed E-state index contributed by atoms with van der Waals surface area (Å²) in [5.74, 6) is 0.767. The van der Waals surface area contributed by atoms with Crippen molar-refractivity contribution in [3.63, 3.8) is 0 Å². The Kier molecular flexibility index (Phi) is 5.00. The van der Waals surface area contributed by atoms with Crippen LogP contribution in [0.3, 0.4) is 0 Å². The Balaban J connectivity index is 1.51. The molecule has 1 fully saturated rings. The van der Waals surface area contributed by atoms with Crippen LogP contribution in [-0.2, 0) is 0 Å². The zero-order valence-electron chi connectivity index (χ0n) is 16.7. The topological polar surface area (TPSA) is 56.6 Å². The van der Waals surface area contributed by atoms with Crippen molar-refractivity contribution in [3.05, 3.63) is 78.6 Å². The summed E-state index contributed by atoms with van der Waals surface area (Å²) in [4.78, 5) is 18.8. The number of aromatic nitrogens is 2. The predicted octanol–water partition coefficient (Wildman–Crippen LogP) is 5.55. The second kappa shape index (κ2) is 8.10. The van der Waals surface area contributed by atoms with Gasteiger partial charge in [0.15, 0.2) is 0 Å². The number of nitrogens with zero attached hydrogens (tertiary/aromatic N) is 3. The Labute approximate surface area is 178 Å². The first-order valence-corrected chi connectivity index (χ1v) is 10.2. The SMILES string of the molecule is O=C(Oc1nc2ccccc2n1-c1cccc(Oc2ccc(F)cc2)c1)N1CCCC1. The number of carbonyl (C=O) groups excluding carboxylic acids is 1. The highest BCUT2D eigenvalue weighted by atomic mass is 19.1. The van der Waals surface area contributed by atoms with Gasteiger partial charge < -0.3 is 14.4 Å². The molecule has 0 radical (unpaired) electrons. The summed E-state index contributed by atoms with van der Waals surface area (Å²) in [5, 5.41) is 0. The molecule has 5 rings (SSSR count). The lowest BCUT2D eigenvalue weighted by atomic mass is 10.2. The lowest BCUT2D eigenvalue weighted by Crippen LogP contribution is -2.31. The molecule has 1 aliphatic heterocycles. The molecule has 0 bridgehead atoms. The normalized spacial score (nSPS) is 13.5. The van der Waals surface area contributed by atoms with Gasteiger partial charge in [-0.05, 0) is 61.4 Å². The monoisotopic (exact) mass is 417 g/mol. The molecule has 31 heavy (non-hydrogen) atoms. The second-order valence-corrected chi connectivity index (χ2v) is 7.33. The molecule has 1 saturated heterocycles. The van der Waals surface area contributed by atoms with E-state index in [-0.39, 0.29) is 11.8 Å². The van der Waals surface area contributed by atoms with E-state index in [0.717, 1.165) is 29.6 Å². The third kappa shape index (κ3) is 3.94. The molecule has 0 N–H and O–H groups in total. The van der Waals surface area contributed by atoms with Crippen LogP contribution in [0.5, 0.6) is 17.5 Å². The van der Waals surface area contributed by atoms with Gasteiger partial charge in [-0.15, -0.1) is 0 Å². The van der Waals surface area contributed by atoms with Gasteiger partial charge in [-0.25, -0.2) is 9.18 Å². The first kappa shape index (κ1) is 19.1. The van der Waals surface area contributed by atoms with Crippen molar-refractivity contribution in [1.29, 1.82) is 0 Å². The lowest BCUT2D eigenvalue weighted by Gasteiger charge is -2.15. The van der Waals surface area contributed by atoms with Gasteiger partial charge in [0.25, 0.3) is 0 Å². The Hall–Kier alpha value is -3.87.